The Kier molecular flexibility index (Phi) is 9.59. The molecule has 0 aliphatic rings. The largest absolute Gasteiger partial charge is 1.00 e. The van der Waals surface area contributed by atoms with Gasteiger partial charge in [-0.3, -0.25) is 4.48 Å². The zero-order valence-electron chi connectivity index (χ0n) is 13.0. The van der Waals surface area contributed by atoms with Gasteiger partial charge >= 0.3 is 0 Å². The van der Waals surface area contributed by atoms with Crippen LogP contribution in [0.2, 0.25) is 0 Å². The standard InChI is InChI=1S/C11H17NO.C3H7NO2.HI/c1-5-9-6-7-11(13)10(8-9)12(2,3)4;1-4(2)3(5)6;/h6-8H,5H2,1-4H3;1-2H3,(H,5,6);1H/p-1. The third-order valence-electron chi connectivity index (χ3n) is 2.54. The Labute approximate surface area is 138 Å². The second-order valence-electron chi connectivity index (χ2n) is 5.35. The number of aryl methyl sites for hydroxylation is 1. The van der Waals surface area contributed by atoms with E-state index in [9.17, 15) is 15.0 Å². The summed E-state index contributed by atoms with van der Waals surface area (Å²) in [7, 11) is 8.97. The molecule has 5 nitrogen and oxygen atoms in total. The van der Waals surface area contributed by atoms with Crippen LogP contribution in [0, 0.1) is 0 Å². The van der Waals surface area contributed by atoms with E-state index in [1.54, 1.807) is 6.07 Å². The maximum absolute atomic E-state index is 9.65. The Balaban J connectivity index is 0. The first-order valence-corrected chi connectivity index (χ1v) is 6.11. The SMILES string of the molecule is CCc1ccc(O)c([N+](C)(C)C)c1.CN(C)C(=O)[O-].[I-]. The summed E-state index contributed by atoms with van der Waals surface area (Å²) in [6, 6.07) is 5.81. The molecule has 0 atom stereocenters. The molecule has 1 N–H and O–H groups in total. The van der Waals surface area contributed by atoms with E-state index in [0.29, 0.717) is 10.2 Å². The Morgan fingerprint density at radius 3 is 2.05 bits per heavy atom. The van der Waals surface area contributed by atoms with E-state index in [1.165, 1.54) is 19.7 Å². The predicted octanol–water partition coefficient (Wildman–Crippen LogP) is -1.95. The van der Waals surface area contributed by atoms with E-state index in [0.717, 1.165) is 17.0 Å². The lowest BCUT2D eigenvalue weighted by molar-refractivity contribution is -0.262. The van der Waals surface area contributed by atoms with E-state index in [1.807, 2.05) is 6.07 Å². The average Bonchev–Trinajstić information content (AvgIpc) is 2.28. The van der Waals surface area contributed by atoms with Crippen LogP contribution >= 0.6 is 0 Å². The lowest BCUT2D eigenvalue weighted by atomic mass is 10.1. The van der Waals surface area contributed by atoms with Crippen molar-refractivity contribution in [3.63, 3.8) is 0 Å². The number of carbonyl (C=O) groups excluding carboxylic acids is 1. The van der Waals surface area contributed by atoms with Crippen LogP contribution in [-0.4, -0.2) is 51.3 Å². The molecule has 0 radical (unpaired) electrons. The summed E-state index contributed by atoms with van der Waals surface area (Å²) in [5, 5.41) is 19.2. The minimum Gasteiger partial charge on any atom is -1.00 e. The summed E-state index contributed by atoms with van der Waals surface area (Å²) in [4.78, 5) is 10.5. The zero-order chi connectivity index (χ0) is 15.2. The number of phenols is 1. The number of aromatic hydroxyl groups is 1. The van der Waals surface area contributed by atoms with Crippen LogP contribution in [0.1, 0.15) is 12.5 Å². The van der Waals surface area contributed by atoms with Crippen LogP contribution in [0.3, 0.4) is 0 Å². The van der Waals surface area contributed by atoms with E-state index >= 15 is 0 Å². The van der Waals surface area contributed by atoms with Crippen molar-refractivity contribution in [1.29, 1.82) is 0 Å². The van der Waals surface area contributed by atoms with Gasteiger partial charge in [0.15, 0.2) is 11.4 Å². The molecule has 0 saturated heterocycles. The Bertz CT molecular complexity index is 429. The maximum Gasteiger partial charge on any atom is 0.177 e. The quantitative estimate of drug-likeness (QED) is 0.468. The first-order valence-electron chi connectivity index (χ1n) is 6.11. The topological polar surface area (TPSA) is 63.6 Å². The molecule has 1 amide bonds. The molecule has 1 aromatic rings. The van der Waals surface area contributed by atoms with Crippen LogP contribution in [0.5, 0.6) is 5.75 Å². The maximum atomic E-state index is 9.65. The summed E-state index contributed by atoms with van der Waals surface area (Å²) < 4.78 is 0.652. The third kappa shape index (κ3) is 7.54. The third-order valence-corrected chi connectivity index (χ3v) is 2.54. The van der Waals surface area contributed by atoms with Gasteiger partial charge in [-0.05, 0) is 18.1 Å². The number of carbonyl (C=O) groups is 1. The van der Waals surface area contributed by atoms with Crippen molar-refractivity contribution >= 4 is 11.8 Å². The molecule has 0 aromatic heterocycles. The predicted molar refractivity (Wildman–Crippen MR) is 76.1 cm³/mol. The lowest BCUT2D eigenvalue weighted by Crippen LogP contribution is -3.00. The normalized spacial score (nSPS) is 9.90. The van der Waals surface area contributed by atoms with Gasteiger partial charge in [0.25, 0.3) is 0 Å². The average molecular weight is 395 g/mol. The van der Waals surface area contributed by atoms with Gasteiger partial charge in [-0.25, -0.2) is 0 Å². The van der Waals surface area contributed by atoms with Gasteiger partial charge < -0.3 is 43.9 Å². The van der Waals surface area contributed by atoms with Crippen LogP contribution in [-0.2, 0) is 6.42 Å². The Morgan fingerprint density at radius 1 is 1.30 bits per heavy atom. The number of hydrogen-bond acceptors (Lipinski definition) is 3. The van der Waals surface area contributed by atoms with Crippen molar-refractivity contribution in [3.05, 3.63) is 23.8 Å². The van der Waals surface area contributed by atoms with Crippen LogP contribution in [0.4, 0.5) is 10.5 Å². The molecule has 6 heteroatoms. The van der Waals surface area contributed by atoms with Gasteiger partial charge in [0.1, 0.15) is 6.09 Å². The summed E-state index contributed by atoms with van der Waals surface area (Å²) in [6.45, 7) is 2.12. The molecule has 0 bridgehead atoms. The van der Waals surface area contributed by atoms with E-state index in [4.69, 9.17) is 0 Å². The van der Waals surface area contributed by atoms with Gasteiger partial charge in [0.05, 0.1) is 21.1 Å². The minimum atomic E-state index is -1.16. The number of phenolic OH excluding ortho intramolecular Hbond substituents is 1. The number of nitrogens with zero attached hydrogens (tertiary/aromatic N) is 2. The van der Waals surface area contributed by atoms with Gasteiger partial charge in [0, 0.05) is 20.2 Å². The summed E-state index contributed by atoms with van der Waals surface area (Å²) in [5.74, 6) is 0.379. The summed E-state index contributed by atoms with van der Waals surface area (Å²) in [5.41, 5.74) is 2.24. The van der Waals surface area contributed by atoms with Crippen molar-refractivity contribution < 1.29 is 39.0 Å². The fourth-order valence-electron chi connectivity index (χ4n) is 1.33. The number of halogens is 1. The molecule has 0 saturated carbocycles. The monoisotopic (exact) mass is 395 g/mol. The first-order chi connectivity index (χ1) is 8.59. The lowest BCUT2D eigenvalue weighted by Gasteiger charge is -2.24. The van der Waals surface area contributed by atoms with Gasteiger partial charge in [-0.2, -0.15) is 0 Å². The van der Waals surface area contributed by atoms with Crippen LogP contribution in [0.25, 0.3) is 0 Å². The molecular weight excluding hydrogens is 371 g/mol. The van der Waals surface area contributed by atoms with Crippen LogP contribution < -0.4 is 33.6 Å². The second-order valence-corrected chi connectivity index (χ2v) is 5.35. The van der Waals surface area contributed by atoms with Crippen molar-refractivity contribution in [2.24, 2.45) is 0 Å². The molecule has 1 aromatic carbocycles. The van der Waals surface area contributed by atoms with E-state index in [2.05, 4.69) is 34.1 Å². The number of carboxylic acid groups (broad SMARTS) is 1. The fourth-order valence-corrected chi connectivity index (χ4v) is 1.33. The Morgan fingerprint density at radius 2 is 1.75 bits per heavy atom. The smallest absolute Gasteiger partial charge is 0.177 e. The van der Waals surface area contributed by atoms with E-state index < -0.39 is 6.09 Å². The van der Waals surface area contributed by atoms with Gasteiger partial charge in [0.2, 0.25) is 0 Å². The highest BCUT2D eigenvalue weighted by atomic mass is 127. The molecule has 0 fully saturated rings. The second kappa shape index (κ2) is 9.02. The number of rotatable bonds is 2. The molecule has 0 spiro atoms. The molecule has 1 rings (SSSR count). The van der Waals surface area contributed by atoms with Gasteiger partial charge in [-0.15, -0.1) is 0 Å². The molecular formula is C14H24IN2O3-. The van der Waals surface area contributed by atoms with Crippen molar-refractivity contribution in [1.82, 2.24) is 9.38 Å². The minimum absolute atomic E-state index is 0. The highest BCUT2D eigenvalue weighted by Gasteiger charge is 2.17. The van der Waals surface area contributed by atoms with E-state index in [-0.39, 0.29) is 24.0 Å². The van der Waals surface area contributed by atoms with Crippen LogP contribution in [0.15, 0.2) is 18.2 Å². The molecule has 20 heavy (non-hydrogen) atoms. The number of benzene rings is 1. The molecule has 0 aliphatic carbocycles. The fraction of sp³-hybridized carbons (Fsp3) is 0.500. The summed E-state index contributed by atoms with van der Waals surface area (Å²) in [6.07, 6.45) is -0.150. The summed E-state index contributed by atoms with van der Waals surface area (Å²) >= 11 is 0. The Hall–Kier alpha value is -1.02. The number of hydrogen-bond donors (Lipinski definition) is 1. The van der Waals surface area contributed by atoms with Crippen molar-refractivity contribution in [2.45, 2.75) is 13.3 Å². The van der Waals surface area contributed by atoms with Crippen molar-refractivity contribution in [3.8, 4) is 5.75 Å². The highest BCUT2D eigenvalue weighted by Crippen LogP contribution is 2.29. The highest BCUT2D eigenvalue weighted by molar-refractivity contribution is 5.61. The van der Waals surface area contributed by atoms with Crippen molar-refractivity contribution in [2.75, 3.05) is 35.2 Å². The number of amides is 1. The number of quaternary nitrogens is 1. The van der Waals surface area contributed by atoms with Gasteiger partial charge in [-0.1, -0.05) is 13.0 Å². The molecule has 0 unspecified atom stereocenters. The molecule has 0 aliphatic heterocycles. The first kappa shape index (κ1) is 21.3. The molecule has 0 heterocycles. The molecule has 116 valence electrons. The zero-order valence-corrected chi connectivity index (χ0v) is 15.1.